The lowest BCUT2D eigenvalue weighted by molar-refractivity contribution is -0.385. The summed E-state index contributed by atoms with van der Waals surface area (Å²) < 4.78 is 13.4. The van der Waals surface area contributed by atoms with Gasteiger partial charge >= 0.3 is 0 Å². The first-order valence-corrected chi connectivity index (χ1v) is 5.18. The number of nitrogens with zero attached hydrogens (tertiary/aromatic N) is 1. The van der Waals surface area contributed by atoms with E-state index in [1.54, 1.807) is 0 Å². The number of nitro groups is 1. The van der Waals surface area contributed by atoms with Gasteiger partial charge in [-0.15, -0.1) is 0 Å². The van der Waals surface area contributed by atoms with E-state index < -0.39 is 10.7 Å². The largest absolute Gasteiger partial charge is 0.383 e. The van der Waals surface area contributed by atoms with Gasteiger partial charge in [0.2, 0.25) is 0 Å². The molecular weight excluding hydrogens is 211 g/mol. The fourth-order valence-electron chi connectivity index (χ4n) is 1.26. The molecule has 0 aromatic heterocycles. The third-order valence-electron chi connectivity index (χ3n) is 2.20. The summed E-state index contributed by atoms with van der Waals surface area (Å²) in [6.45, 7) is 4.81. The van der Waals surface area contributed by atoms with Gasteiger partial charge < -0.3 is 5.32 Å². The van der Waals surface area contributed by atoms with Crippen LogP contribution in [-0.2, 0) is 0 Å². The number of hydrogen-bond acceptors (Lipinski definition) is 3. The van der Waals surface area contributed by atoms with E-state index in [4.69, 9.17) is 0 Å². The maximum absolute atomic E-state index is 13.4. The highest BCUT2D eigenvalue weighted by atomic mass is 19.1. The summed E-state index contributed by atoms with van der Waals surface area (Å²) in [4.78, 5) is 9.78. The topological polar surface area (TPSA) is 55.2 Å². The van der Waals surface area contributed by atoms with E-state index in [0.717, 1.165) is 12.5 Å². The van der Waals surface area contributed by atoms with Crippen molar-refractivity contribution >= 4 is 11.4 Å². The van der Waals surface area contributed by atoms with Gasteiger partial charge in [0.1, 0.15) is 0 Å². The van der Waals surface area contributed by atoms with Crippen molar-refractivity contribution in [2.75, 3.05) is 11.9 Å². The minimum atomic E-state index is -0.610. The highest BCUT2D eigenvalue weighted by Gasteiger charge is 2.10. The van der Waals surface area contributed by atoms with Gasteiger partial charge in [-0.05, 0) is 18.4 Å². The van der Waals surface area contributed by atoms with Crippen LogP contribution in [0.4, 0.5) is 15.8 Å². The Balaban J connectivity index is 2.64. The SMILES string of the molecule is CC(C)CCNc1ccc([N+](=O)[O-])cc1F. The molecule has 1 rings (SSSR count). The van der Waals surface area contributed by atoms with Crippen molar-refractivity contribution in [1.82, 2.24) is 0 Å². The van der Waals surface area contributed by atoms with Crippen LogP contribution in [0.1, 0.15) is 20.3 Å². The lowest BCUT2D eigenvalue weighted by Gasteiger charge is -2.08. The molecule has 4 nitrogen and oxygen atoms in total. The monoisotopic (exact) mass is 226 g/mol. The quantitative estimate of drug-likeness (QED) is 0.619. The molecule has 0 heterocycles. The molecule has 0 bridgehead atoms. The van der Waals surface area contributed by atoms with Crippen molar-refractivity contribution in [2.24, 2.45) is 5.92 Å². The second-order valence-corrected chi connectivity index (χ2v) is 4.03. The van der Waals surface area contributed by atoms with Gasteiger partial charge in [0, 0.05) is 12.6 Å². The zero-order valence-corrected chi connectivity index (χ0v) is 9.37. The van der Waals surface area contributed by atoms with E-state index in [9.17, 15) is 14.5 Å². The maximum Gasteiger partial charge on any atom is 0.272 e. The Morgan fingerprint density at radius 2 is 2.19 bits per heavy atom. The molecule has 0 aliphatic rings. The van der Waals surface area contributed by atoms with Crippen LogP contribution < -0.4 is 5.32 Å². The Morgan fingerprint density at radius 3 is 2.69 bits per heavy atom. The Morgan fingerprint density at radius 1 is 1.50 bits per heavy atom. The number of anilines is 1. The molecule has 1 aromatic rings. The minimum absolute atomic E-state index is 0.230. The molecule has 0 amide bonds. The number of rotatable bonds is 5. The first-order chi connectivity index (χ1) is 7.50. The standard InChI is InChI=1S/C11H15FN2O2/c1-8(2)5-6-13-11-4-3-9(14(15)16)7-10(11)12/h3-4,7-8,13H,5-6H2,1-2H3. The first-order valence-electron chi connectivity index (χ1n) is 5.18. The summed E-state index contributed by atoms with van der Waals surface area (Å²) in [5, 5.41) is 13.3. The lowest BCUT2D eigenvalue weighted by atomic mass is 10.1. The summed E-state index contributed by atoms with van der Waals surface area (Å²) in [6, 6.07) is 3.62. The van der Waals surface area contributed by atoms with Crippen molar-refractivity contribution in [3.8, 4) is 0 Å². The van der Waals surface area contributed by atoms with E-state index >= 15 is 0 Å². The minimum Gasteiger partial charge on any atom is -0.383 e. The van der Waals surface area contributed by atoms with E-state index in [1.807, 2.05) is 0 Å². The number of hydrogen-bond donors (Lipinski definition) is 1. The summed E-state index contributed by atoms with van der Waals surface area (Å²) in [7, 11) is 0. The Labute approximate surface area is 93.6 Å². The zero-order chi connectivity index (χ0) is 12.1. The Kier molecular flexibility index (Phi) is 4.22. The van der Waals surface area contributed by atoms with E-state index in [-0.39, 0.29) is 5.69 Å². The van der Waals surface area contributed by atoms with Crippen molar-refractivity contribution in [2.45, 2.75) is 20.3 Å². The van der Waals surface area contributed by atoms with Crippen molar-refractivity contribution in [1.29, 1.82) is 0 Å². The van der Waals surface area contributed by atoms with Gasteiger partial charge in [0.05, 0.1) is 16.7 Å². The average molecular weight is 226 g/mol. The van der Waals surface area contributed by atoms with Gasteiger partial charge in [0.25, 0.3) is 5.69 Å². The first kappa shape index (κ1) is 12.4. The predicted octanol–water partition coefficient (Wildman–Crippen LogP) is 3.19. The van der Waals surface area contributed by atoms with E-state index in [1.165, 1.54) is 12.1 Å². The van der Waals surface area contributed by atoms with Gasteiger partial charge in [0.15, 0.2) is 5.82 Å². The van der Waals surface area contributed by atoms with Crippen LogP contribution in [0, 0.1) is 21.8 Å². The zero-order valence-electron chi connectivity index (χ0n) is 9.37. The molecule has 0 saturated carbocycles. The average Bonchev–Trinajstić information content (AvgIpc) is 2.19. The van der Waals surface area contributed by atoms with Crippen LogP contribution in [-0.4, -0.2) is 11.5 Å². The maximum atomic E-state index is 13.4. The fourth-order valence-corrected chi connectivity index (χ4v) is 1.26. The van der Waals surface area contributed by atoms with Crippen LogP contribution in [0.3, 0.4) is 0 Å². The Bertz CT molecular complexity index is 380. The predicted molar refractivity (Wildman–Crippen MR) is 61.0 cm³/mol. The lowest BCUT2D eigenvalue weighted by Crippen LogP contribution is -2.06. The molecule has 16 heavy (non-hydrogen) atoms. The molecule has 0 aliphatic heterocycles. The molecule has 0 aliphatic carbocycles. The van der Waals surface area contributed by atoms with E-state index in [0.29, 0.717) is 18.2 Å². The summed E-state index contributed by atoms with van der Waals surface area (Å²) in [5.74, 6) is -0.0495. The third-order valence-corrected chi connectivity index (χ3v) is 2.20. The summed E-state index contributed by atoms with van der Waals surface area (Å²) in [5.41, 5.74) is 0.0816. The fraction of sp³-hybridized carbons (Fsp3) is 0.455. The normalized spacial score (nSPS) is 10.5. The molecule has 1 aromatic carbocycles. The highest BCUT2D eigenvalue weighted by Crippen LogP contribution is 2.20. The van der Waals surface area contributed by atoms with Gasteiger partial charge in [-0.25, -0.2) is 4.39 Å². The second-order valence-electron chi connectivity index (χ2n) is 4.03. The molecule has 0 spiro atoms. The number of nitrogens with one attached hydrogen (secondary N) is 1. The molecule has 0 fully saturated rings. The molecule has 0 atom stereocenters. The van der Waals surface area contributed by atoms with Gasteiger partial charge in [-0.2, -0.15) is 0 Å². The molecule has 1 N–H and O–H groups in total. The van der Waals surface area contributed by atoms with E-state index in [2.05, 4.69) is 19.2 Å². The molecule has 0 unspecified atom stereocenters. The molecule has 0 radical (unpaired) electrons. The van der Waals surface area contributed by atoms with Crippen LogP contribution in [0.25, 0.3) is 0 Å². The van der Waals surface area contributed by atoms with Crippen LogP contribution >= 0.6 is 0 Å². The number of non-ortho nitro benzene ring substituents is 1. The second kappa shape index (κ2) is 5.44. The van der Waals surface area contributed by atoms with Crippen LogP contribution in [0.15, 0.2) is 18.2 Å². The molecule has 0 saturated heterocycles. The summed E-state index contributed by atoms with van der Waals surface area (Å²) >= 11 is 0. The van der Waals surface area contributed by atoms with Gasteiger partial charge in [-0.1, -0.05) is 13.8 Å². The van der Waals surface area contributed by atoms with Crippen LogP contribution in [0.5, 0.6) is 0 Å². The molecule has 5 heteroatoms. The number of benzene rings is 1. The third kappa shape index (κ3) is 3.49. The van der Waals surface area contributed by atoms with Crippen molar-refractivity contribution in [3.63, 3.8) is 0 Å². The molecule has 88 valence electrons. The van der Waals surface area contributed by atoms with Gasteiger partial charge in [-0.3, -0.25) is 10.1 Å². The summed E-state index contributed by atoms with van der Waals surface area (Å²) in [6.07, 6.45) is 0.927. The number of halogens is 1. The smallest absolute Gasteiger partial charge is 0.272 e. The Hall–Kier alpha value is -1.65. The number of nitro benzene ring substituents is 1. The van der Waals surface area contributed by atoms with Crippen LogP contribution in [0.2, 0.25) is 0 Å². The van der Waals surface area contributed by atoms with Crippen molar-refractivity contribution < 1.29 is 9.31 Å². The molecular formula is C11H15FN2O2. The highest BCUT2D eigenvalue weighted by molar-refractivity contribution is 5.49. The van der Waals surface area contributed by atoms with Crippen molar-refractivity contribution in [3.05, 3.63) is 34.1 Å².